The lowest BCUT2D eigenvalue weighted by molar-refractivity contribution is 0.0665. The molecule has 0 saturated heterocycles. The van der Waals surface area contributed by atoms with Crippen molar-refractivity contribution < 1.29 is 5.11 Å². The molecule has 1 aliphatic carbocycles. The molecule has 0 aliphatic heterocycles. The summed E-state index contributed by atoms with van der Waals surface area (Å²) < 4.78 is 0. The van der Waals surface area contributed by atoms with Crippen LogP contribution in [0.25, 0.3) is 0 Å². The van der Waals surface area contributed by atoms with Gasteiger partial charge >= 0.3 is 0 Å². The SMILES string of the molecule is CC1CCCC1C(O)C(CN)c1ccc(Cl)cc1Cl. The molecular formula is C15H21Cl2NO. The second kappa shape index (κ2) is 6.45. The Kier molecular flexibility index (Phi) is 5.13. The molecule has 0 aromatic heterocycles. The fourth-order valence-electron chi connectivity index (χ4n) is 3.23. The second-order valence-electron chi connectivity index (χ2n) is 5.57. The van der Waals surface area contributed by atoms with Gasteiger partial charge in [0.25, 0.3) is 0 Å². The van der Waals surface area contributed by atoms with E-state index in [0.29, 0.717) is 28.4 Å². The van der Waals surface area contributed by atoms with E-state index in [9.17, 15) is 5.11 Å². The highest BCUT2D eigenvalue weighted by Gasteiger charge is 2.35. The standard InChI is InChI=1S/C15H21Cl2NO/c1-9-3-2-4-11(9)15(19)13(8-18)12-6-5-10(16)7-14(12)17/h5-7,9,11,13,15,19H,2-4,8,18H2,1H3. The molecule has 3 N–H and O–H groups in total. The molecule has 0 bridgehead atoms. The van der Waals surface area contributed by atoms with Crippen LogP contribution in [0.3, 0.4) is 0 Å². The molecule has 4 atom stereocenters. The van der Waals surface area contributed by atoms with Gasteiger partial charge in [0.05, 0.1) is 6.10 Å². The number of rotatable bonds is 4. The van der Waals surface area contributed by atoms with Gasteiger partial charge in [-0.15, -0.1) is 0 Å². The lowest BCUT2D eigenvalue weighted by Crippen LogP contribution is -2.33. The summed E-state index contributed by atoms with van der Waals surface area (Å²) >= 11 is 12.2. The van der Waals surface area contributed by atoms with E-state index in [-0.39, 0.29) is 5.92 Å². The Morgan fingerprint density at radius 1 is 1.37 bits per heavy atom. The number of hydrogen-bond donors (Lipinski definition) is 2. The number of hydrogen-bond acceptors (Lipinski definition) is 2. The molecule has 0 amide bonds. The molecule has 2 nitrogen and oxygen atoms in total. The van der Waals surface area contributed by atoms with Crippen LogP contribution in [0.5, 0.6) is 0 Å². The molecule has 106 valence electrons. The van der Waals surface area contributed by atoms with Gasteiger partial charge in [-0.25, -0.2) is 0 Å². The zero-order chi connectivity index (χ0) is 14.0. The number of aliphatic hydroxyl groups is 1. The summed E-state index contributed by atoms with van der Waals surface area (Å²) in [6.07, 6.45) is 3.02. The molecule has 4 unspecified atom stereocenters. The van der Waals surface area contributed by atoms with Gasteiger partial charge < -0.3 is 10.8 Å². The van der Waals surface area contributed by atoms with E-state index >= 15 is 0 Å². The van der Waals surface area contributed by atoms with E-state index in [1.807, 2.05) is 6.07 Å². The maximum atomic E-state index is 10.7. The first-order chi connectivity index (χ1) is 9.04. The summed E-state index contributed by atoms with van der Waals surface area (Å²) in [5.41, 5.74) is 6.78. The lowest BCUT2D eigenvalue weighted by atomic mass is 9.81. The van der Waals surface area contributed by atoms with Crippen molar-refractivity contribution in [3.63, 3.8) is 0 Å². The number of aliphatic hydroxyl groups excluding tert-OH is 1. The number of benzene rings is 1. The predicted molar refractivity (Wildman–Crippen MR) is 80.8 cm³/mol. The maximum Gasteiger partial charge on any atom is 0.0652 e. The van der Waals surface area contributed by atoms with Gasteiger partial charge in [-0.05, 0) is 36.0 Å². The summed E-state index contributed by atoms with van der Waals surface area (Å²) in [7, 11) is 0. The Morgan fingerprint density at radius 2 is 2.11 bits per heavy atom. The Balaban J connectivity index is 2.23. The summed E-state index contributed by atoms with van der Waals surface area (Å²) in [5.74, 6) is 0.755. The fraction of sp³-hybridized carbons (Fsp3) is 0.600. The highest BCUT2D eigenvalue weighted by atomic mass is 35.5. The normalized spacial score (nSPS) is 26.4. The van der Waals surface area contributed by atoms with E-state index in [1.165, 1.54) is 12.8 Å². The minimum atomic E-state index is -0.429. The van der Waals surface area contributed by atoms with Crippen LogP contribution < -0.4 is 5.73 Å². The Bertz CT molecular complexity index is 438. The number of halogens is 2. The summed E-state index contributed by atoms with van der Waals surface area (Å²) in [6, 6.07) is 5.40. The van der Waals surface area contributed by atoms with E-state index in [0.717, 1.165) is 12.0 Å². The molecule has 1 saturated carbocycles. The molecule has 4 heteroatoms. The minimum absolute atomic E-state index is 0.115. The van der Waals surface area contributed by atoms with Gasteiger partial charge in [0.2, 0.25) is 0 Å². The van der Waals surface area contributed by atoms with Gasteiger partial charge in [0.15, 0.2) is 0 Å². The Hall–Kier alpha value is -0.280. The van der Waals surface area contributed by atoms with Crippen LogP contribution in [-0.2, 0) is 0 Å². The van der Waals surface area contributed by atoms with Crippen molar-refractivity contribution in [3.05, 3.63) is 33.8 Å². The first kappa shape index (κ1) is 15.1. The zero-order valence-electron chi connectivity index (χ0n) is 11.2. The first-order valence-corrected chi connectivity index (χ1v) is 7.63. The summed E-state index contributed by atoms with van der Waals surface area (Å²) in [5, 5.41) is 11.8. The largest absolute Gasteiger partial charge is 0.392 e. The van der Waals surface area contributed by atoms with Crippen molar-refractivity contribution in [2.45, 2.75) is 38.2 Å². The quantitative estimate of drug-likeness (QED) is 0.888. The third-order valence-electron chi connectivity index (χ3n) is 4.39. The minimum Gasteiger partial charge on any atom is -0.392 e. The Labute approximate surface area is 124 Å². The molecule has 2 rings (SSSR count). The van der Waals surface area contributed by atoms with Gasteiger partial charge in [-0.2, -0.15) is 0 Å². The van der Waals surface area contributed by atoms with Gasteiger partial charge in [0.1, 0.15) is 0 Å². The molecule has 0 spiro atoms. The maximum absolute atomic E-state index is 10.7. The van der Waals surface area contributed by atoms with Crippen LogP contribution in [0.2, 0.25) is 10.0 Å². The molecule has 1 aliphatic rings. The van der Waals surface area contributed by atoms with E-state index in [1.54, 1.807) is 12.1 Å². The van der Waals surface area contributed by atoms with Gasteiger partial charge in [-0.3, -0.25) is 0 Å². The van der Waals surface area contributed by atoms with Gasteiger partial charge in [-0.1, -0.05) is 49.0 Å². The third-order valence-corrected chi connectivity index (χ3v) is 4.96. The van der Waals surface area contributed by atoms with Crippen LogP contribution >= 0.6 is 23.2 Å². The smallest absolute Gasteiger partial charge is 0.0652 e. The average molecular weight is 302 g/mol. The predicted octanol–water partition coefficient (Wildman–Crippen LogP) is 3.83. The van der Waals surface area contributed by atoms with Crippen molar-refractivity contribution in [2.75, 3.05) is 6.54 Å². The zero-order valence-corrected chi connectivity index (χ0v) is 12.7. The summed E-state index contributed by atoms with van der Waals surface area (Å²) in [4.78, 5) is 0. The molecular weight excluding hydrogens is 281 g/mol. The van der Waals surface area contributed by atoms with E-state index in [2.05, 4.69) is 6.92 Å². The van der Waals surface area contributed by atoms with Gasteiger partial charge in [0, 0.05) is 22.5 Å². The van der Waals surface area contributed by atoms with Crippen LogP contribution in [0.4, 0.5) is 0 Å². The van der Waals surface area contributed by atoms with Crippen molar-refractivity contribution in [1.29, 1.82) is 0 Å². The third kappa shape index (κ3) is 3.25. The lowest BCUT2D eigenvalue weighted by Gasteiger charge is -2.30. The molecule has 0 radical (unpaired) electrons. The Morgan fingerprint density at radius 3 is 2.63 bits per heavy atom. The van der Waals surface area contributed by atoms with Crippen molar-refractivity contribution in [3.8, 4) is 0 Å². The summed E-state index contributed by atoms with van der Waals surface area (Å²) in [6.45, 7) is 2.60. The van der Waals surface area contributed by atoms with Crippen molar-refractivity contribution in [1.82, 2.24) is 0 Å². The van der Waals surface area contributed by atoms with Crippen LogP contribution in [-0.4, -0.2) is 17.8 Å². The van der Waals surface area contributed by atoms with Crippen molar-refractivity contribution in [2.24, 2.45) is 17.6 Å². The first-order valence-electron chi connectivity index (χ1n) is 6.87. The molecule has 1 aromatic carbocycles. The van der Waals surface area contributed by atoms with E-state index in [4.69, 9.17) is 28.9 Å². The second-order valence-corrected chi connectivity index (χ2v) is 6.41. The monoisotopic (exact) mass is 301 g/mol. The number of nitrogens with two attached hydrogens (primary N) is 1. The van der Waals surface area contributed by atoms with Crippen LogP contribution in [0.1, 0.15) is 37.7 Å². The van der Waals surface area contributed by atoms with E-state index < -0.39 is 6.10 Å². The molecule has 19 heavy (non-hydrogen) atoms. The average Bonchev–Trinajstić information content (AvgIpc) is 2.78. The topological polar surface area (TPSA) is 46.2 Å². The van der Waals surface area contributed by atoms with Crippen molar-refractivity contribution >= 4 is 23.2 Å². The molecule has 1 aromatic rings. The molecule has 1 fully saturated rings. The highest BCUT2D eigenvalue weighted by Crippen LogP contribution is 2.40. The highest BCUT2D eigenvalue weighted by molar-refractivity contribution is 6.35. The fourth-order valence-corrected chi connectivity index (χ4v) is 3.78. The van der Waals surface area contributed by atoms with Crippen LogP contribution in [0.15, 0.2) is 18.2 Å². The molecule has 0 heterocycles. The van der Waals surface area contributed by atoms with Crippen LogP contribution in [0, 0.1) is 11.8 Å².